The normalized spacial score (nSPS) is 15.7. The summed E-state index contributed by atoms with van der Waals surface area (Å²) >= 11 is 1.85. The Morgan fingerprint density at radius 3 is 2.26 bits per heavy atom. The van der Waals surface area contributed by atoms with E-state index in [1.165, 1.54) is 23.4 Å². The fraction of sp³-hybridized carbons (Fsp3) is 0.385. The van der Waals surface area contributed by atoms with Crippen molar-refractivity contribution in [2.75, 3.05) is 57.6 Å². The average Bonchev–Trinajstić information content (AvgIpc) is 2.84. The lowest BCUT2D eigenvalue weighted by Crippen LogP contribution is -2.32. The van der Waals surface area contributed by atoms with Crippen molar-refractivity contribution < 1.29 is 13.9 Å². The number of dihydropyridines is 1. The second-order valence-corrected chi connectivity index (χ2v) is 9.42. The molecule has 2 aromatic rings. The number of halogens is 2. The van der Waals surface area contributed by atoms with Crippen LogP contribution in [0.1, 0.15) is 16.7 Å². The van der Waals surface area contributed by atoms with E-state index < -0.39 is 11.6 Å². The Hall–Kier alpha value is -2.75. The number of aliphatic hydroxyl groups is 1. The van der Waals surface area contributed by atoms with Crippen molar-refractivity contribution in [1.29, 1.82) is 0 Å². The number of nitrogens with two attached hydrogens (primary N) is 1. The standard InChI is InChI=1S/C16H19F2N3OS.C8H11N.C2H7N/c17-12-7-10(15-16(22)14(19)1-2-20-15)8-13(18)11(12)9-21-3-5-23-6-4-21;1-7-4-3-5-8(6-7)9-2;1-3-2/h1,7-8,20,22H,2-6,9,19H2;3-6,9H,1-2H3;3H,1-2H3. The number of benzene rings is 2. The Balaban J connectivity index is 0.000000299. The maximum atomic E-state index is 14.4. The molecule has 4 rings (SSSR count). The third-order valence-corrected chi connectivity index (χ3v) is 6.28. The van der Waals surface area contributed by atoms with Crippen LogP contribution in [0.2, 0.25) is 0 Å². The molecule has 2 aliphatic heterocycles. The van der Waals surface area contributed by atoms with Gasteiger partial charge >= 0.3 is 0 Å². The van der Waals surface area contributed by atoms with Crippen LogP contribution >= 0.6 is 11.8 Å². The summed E-state index contributed by atoms with van der Waals surface area (Å²) in [6.45, 7) is 4.42. The van der Waals surface area contributed by atoms with E-state index in [0.717, 1.165) is 24.6 Å². The second kappa shape index (κ2) is 14.6. The van der Waals surface area contributed by atoms with Crippen molar-refractivity contribution in [2.45, 2.75) is 13.5 Å². The molecular weight excluding hydrogens is 468 g/mol. The van der Waals surface area contributed by atoms with Crippen LogP contribution in [0.5, 0.6) is 0 Å². The van der Waals surface area contributed by atoms with Crippen LogP contribution in [-0.4, -0.2) is 62.3 Å². The predicted octanol–water partition coefficient (Wildman–Crippen LogP) is 4.06. The zero-order valence-electron chi connectivity index (χ0n) is 20.9. The largest absolute Gasteiger partial charge is 0.504 e. The molecule has 0 spiro atoms. The molecule has 0 saturated carbocycles. The Bertz CT molecular complexity index is 1000. The lowest BCUT2D eigenvalue weighted by molar-refractivity contribution is 0.284. The highest BCUT2D eigenvalue weighted by atomic mass is 32.2. The minimum atomic E-state index is -0.603. The number of aliphatic hydroxyl groups excluding tert-OH is 1. The number of nitrogens with one attached hydrogen (secondary N) is 3. The first-order chi connectivity index (χ1) is 16.8. The van der Waals surface area contributed by atoms with E-state index in [0.29, 0.717) is 6.54 Å². The smallest absolute Gasteiger partial charge is 0.162 e. The van der Waals surface area contributed by atoms with Gasteiger partial charge in [-0.2, -0.15) is 11.8 Å². The fourth-order valence-corrected chi connectivity index (χ4v) is 4.49. The van der Waals surface area contributed by atoms with E-state index in [2.05, 4.69) is 35.0 Å². The first-order valence-corrected chi connectivity index (χ1v) is 12.7. The summed E-state index contributed by atoms with van der Waals surface area (Å²) in [5, 5.41) is 18.7. The van der Waals surface area contributed by atoms with Crippen LogP contribution in [0.25, 0.3) is 5.70 Å². The summed E-state index contributed by atoms with van der Waals surface area (Å²) < 4.78 is 28.8. The van der Waals surface area contributed by atoms with Crippen LogP contribution in [0.15, 0.2) is 53.9 Å². The van der Waals surface area contributed by atoms with Gasteiger partial charge in [0.2, 0.25) is 0 Å². The molecular formula is C26H37F2N5OS. The van der Waals surface area contributed by atoms with Crippen molar-refractivity contribution in [3.05, 3.63) is 82.3 Å². The van der Waals surface area contributed by atoms with Gasteiger partial charge in [-0.3, -0.25) is 4.90 Å². The van der Waals surface area contributed by atoms with Crippen LogP contribution in [0.4, 0.5) is 14.5 Å². The van der Waals surface area contributed by atoms with Crippen molar-refractivity contribution in [1.82, 2.24) is 15.5 Å². The number of hydrogen-bond donors (Lipinski definition) is 5. The molecule has 2 aromatic carbocycles. The number of thioether (sulfide) groups is 1. The monoisotopic (exact) mass is 505 g/mol. The molecule has 1 saturated heterocycles. The summed E-state index contributed by atoms with van der Waals surface area (Å²) in [5.41, 5.74) is 8.90. The number of rotatable bonds is 4. The quantitative estimate of drug-likeness (QED) is 0.429. The highest BCUT2D eigenvalue weighted by molar-refractivity contribution is 7.99. The van der Waals surface area contributed by atoms with Gasteiger partial charge in [-0.05, 0) is 56.9 Å². The van der Waals surface area contributed by atoms with Crippen molar-refractivity contribution >= 4 is 23.1 Å². The molecule has 2 heterocycles. The number of anilines is 1. The van der Waals surface area contributed by atoms with Crippen LogP contribution in [0, 0.1) is 18.6 Å². The van der Waals surface area contributed by atoms with E-state index in [-0.39, 0.29) is 34.8 Å². The first kappa shape index (κ1) is 28.5. The molecule has 2 aliphatic rings. The van der Waals surface area contributed by atoms with Gasteiger partial charge in [-0.1, -0.05) is 12.1 Å². The summed E-state index contributed by atoms with van der Waals surface area (Å²) in [6, 6.07) is 10.8. The van der Waals surface area contributed by atoms with Gasteiger partial charge in [0.25, 0.3) is 0 Å². The minimum Gasteiger partial charge on any atom is -0.504 e. The molecule has 0 amide bonds. The SMILES string of the molecule is CNC.CNc1cccc(C)c1.NC1=CCNC(c2cc(F)c(CN3CCSCC3)c(F)c2)=C1O. The molecule has 0 atom stereocenters. The Kier molecular flexibility index (Phi) is 11.9. The summed E-state index contributed by atoms with van der Waals surface area (Å²) in [4.78, 5) is 2.05. The average molecular weight is 506 g/mol. The number of hydrogen-bond acceptors (Lipinski definition) is 7. The van der Waals surface area contributed by atoms with Gasteiger partial charge in [0.15, 0.2) is 5.76 Å². The van der Waals surface area contributed by atoms with Crippen LogP contribution < -0.4 is 21.7 Å². The molecule has 0 aliphatic carbocycles. The van der Waals surface area contributed by atoms with Gasteiger partial charge in [0.05, 0.1) is 11.4 Å². The first-order valence-electron chi connectivity index (χ1n) is 11.5. The highest BCUT2D eigenvalue weighted by Gasteiger charge is 2.20. The molecule has 0 radical (unpaired) electrons. The maximum Gasteiger partial charge on any atom is 0.162 e. The predicted molar refractivity (Wildman–Crippen MR) is 144 cm³/mol. The molecule has 6 nitrogen and oxygen atoms in total. The highest BCUT2D eigenvalue weighted by Crippen LogP contribution is 2.26. The molecule has 35 heavy (non-hydrogen) atoms. The van der Waals surface area contributed by atoms with Crippen molar-refractivity contribution in [3.63, 3.8) is 0 Å². The zero-order valence-corrected chi connectivity index (χ0v) is 21.7. The molecule has 0 bridgehead atoms. The zero-order chi connectivity index (χ0) is 25.8. The van der Waals surface area contributed by atoms with E-state index in [1.54, 1.807) is 6.08 Å². The van der Waals surface area contributed by atoms with Gasteiger partial charge in [-0.25, -0.2) is 8.78 Å². The van der Waals surface area contributed by atoms with E-state index in [1.807, 2.05) is 49.9 Å². The van der Waals surface area contributed by atoms with Gasteiger partial charge < -0.3 is 26.8 Å². The molecule has 6 N–H and O–H groups in total. The third kappa shape index (κ3) is 8.76. The molecule has 0 unspecified atom stereocenters. The Labute approximate surface area is 211 Å². The minimum absolute atomic E-state index is 0.0695. The van der Waals surface area contributed by atoms with Crippen molar-refractivity contribution in [2.24, 2.45) is 5.73 Å². The Morgan fingerprint density at radius 2 is 1.71 bits per heavy atom. The lowest BCUT2D eigenvalue weighted by Gasteiger charge is -2.26. The molecule has 0 aromatic heterocycles. The van der Waals surface area contributed by atoms with Gasteiger partial charge in [-0.15, -0.1) is 0 Å². The van der Waals surface area contributed by atoms with Crippen molar-refractivity contribution in [3.8, 4) is 0 Å². The fourth-order valence-electron chi connectivity index (χ4n) is 3.51. The van der Waals surface area contributed by atoms with Gasteiger partial charge in [0, 0.05) is 61.5 Å². The number of nitrogens with zero attached hydrogens (tertiary/aromatic N) is 1. The summed E-state index contributed by atoms with van der Waals surface area (Å²) in [7, 11) is 5.68. The van der Waals surface area contributed by atoms with E-state index >= 15 is 0 Å². The summed E-state index contributed by atoms with van der Waals surface area (Å²) in [6.07, 6.45) is 1.61. The Morgan fingerprint density at radius 1 is 1.09 bits per heavy atom. The molecule has 9 heteroatoms. The van der Waals surface area contributed by atoms with Gasteiger partial charge in [0.1, 0.15) is 11.6 Å². The summed E-state index contributed by atoms with van der Waals surface area (Å²) in [5.74, 6) is 0.577. The molecule has 192 valence electrons. The topological polar surface area (TPSA) is 85.6 Å². The third-order valence-electron chi connectivity index (χ3n) is 5.33. The van der Waals surface area contributed by atoms with Crippen LogP contribution in [0.3, 0.4) is 0 Å². The van der Waals surface area contributed by atoms with E-state index in [4.69, 9.17) is 5.73 Å². The second-order valence-electron chi connectivity index (χ2n) is 8.19. The van der Waals surface area contributed by atoms with E-state index in [9.17, 15) is 13.9 Å². The number of aryl methyl sites for hydroxylation is 1. The molecule has 1 fully saturated rings. The maximum absolute atomic E-state index is 14.4. The lowest BCUT2D eigenvalue weighted by atomic mass is 10.0. The van der Waals surface area contributed by atoms with Crippen LogP contribution in [-0.2, 0) is 6.54 Å².